The van der Waals surface area contributed by atoms with Crippen LogP contribution in [-0.2, 0) is 16.1 Å². The smallest absolute Gasteiger partial charge is 0.227 e. The number of carbonyl (C=O) groups is 2. The van der Waals surface area contributed by atoms with E-state index in [0.29, 0.717) is 26.1 Å². The lowest BCUT2D eigenvalue weighted by atomic mass is 10.1. The Balaban J connectivity index is 0.000000372. The van der Waals surface area contributed by atoms with E-state index in [0.717, 1.165) is 52.4 Å². The van der Waals surface area contributed by atoms with E-state index >= 15 is 0 Å². The van der Waals surface area contributed by atoms with E-state index in [-0.39, 0.29) is 11.8 Å². The van der Waals surface area contributed by atoms with Gasteiger partial charge >= 0.3 is 0 Å². The summed E-state index contributed by atoms with van der Waals surface area (Å²) in [4.78, 5) is 25.9. The number of anilines is 2. The molecule has 1 aliphatic heterocycles. The van der Waals surface area contributed by atoms with Gasteiger partial charge in [0.05, 0.1) is 32.1 Å². The van der Waals surface area contributed by atoms with E-state index in [9.17, 15) is 9.59 Å². The summed E-state index contributed by atoms with van der Waals surface area (Å²) in [5.41, 5.74) is 6.99. The highest BCUT2D eigenvalue weighted by molar-refractivity contribution is 5.96. The predicted molar refractivity (Wildman–Crippen MR) is 179 cm³/mol. The number of ether oxygens (including phenoxy) is 2. The Labute approximate surface area is 262 Å². The van der Waals surface area contributed by atoms with Crippen LogP contribution in [0.3, 0.4) is 0 Å². The molecular formula is C36H46N4O4. The Hall–Kier alpha value is -4.59. The number of hydrogen-bond acceptors (Lipinski definition) is 5. The monoisotopic (exact) mass is 598 g/mol. The number of aromatic nitrogens is 2. The molecule has 0 aliphatic carbocycles. The van der Waals surface area contributed by atoms with E-state index in [1.54, 1.807) is 7.11 Å². The van der Waals surface area contributed by atoms with Crippen molar-refractivity contribution < 1.29 is 19.1 Å². The van der Waals surface area contributed by atoms with Gasteiger partial charge in [-0.05, 0) is 67.6 Å². The number of nitrogens with zero attached hydrogens (tertiary/aromatic N) is 3. The summed E-state index contributed by atoms with van der Waals surface area (Å²) in [6.07, 6.45) is 5.95. The Morgan fingerprint density at radius 1 is 1.05 bits per heavy atom. The fourth-order valence-corrected chi connectivity index (χ4v) is 4.91. The van der Waals surface area contributed by atoms with Gasteiger partial charge in [-0.15, -0.1) is 0 Å². The van der Waals surface area contributed by atoms with Crippen molar-refractivity contribution in [2.24, 2.45) is 0 Å². The molecule has 2 amide bonds. The topological polar surface area (TPSA) is 85.7 Å². The minimum Gasteiger partial charge on any atom is -0.496 e. The molecule has 4 aromatic rings. The van der Waals surface area contributed by atoms with E-state index in [1.807, 2.05) is 97.3 Å². The number of amides is 2. The number of benzene rings is 3. The molecule has 44 heavy (non-hydrogen) atoms. The largest absolute Gasteiger partial charge is 0.496 e. The van der Waals surface area contributed by atoms with Gasteiger partial charge in [0.25, 0.3) is 0 Å². The van der Waals surface area contributed by atoms with Crippen LogP contribution in [0.2, 0.25) is 0 Å². The van der Waals surface area contributed by atoms with Gasteiger partial charge in [-0.1, -0.05) is 57.2 Å². The first-order valence-corrected chi connectivity index (χ1v) is 15.4. The molecule has 0 radical (unpaired) electrons. The van der Waals surface area contributed by atoms with Gasteiger partial charge < -0.3 is 19.7 Å². The molecule has 5 rings (SSSR count). The first-order chi connectivity index (χ1) is 21.3. The van der Waals surface area contributed by atoms with Gasteiger partial charge in [0.15, 0.2) is 5.75 Å². The molecule has 0 fully saturated rings. The number of para-hydroxylation sites is 1. The Morgan fingerprint density at radius 3 is 2.50 bits per heavy atom. The molecule has 1 aromatic heterocycles. The zero-order chi connectivity index (χ0) is 32.1. The molecule has 0 spiro atoms. The predicted octanol–water partition coefficient (Wildman–Crippen LogP) is 7.81. The quantitative estimate of drug-likeness (QED) is 0.235. The molecule has 2 heterocycles. The van der Waals surface area contributed by atoms with Crippen LogP contribution < -0.4 is 19.7 Å². The van der Waals surface area contributed by atoms with Crippen LogP contribution in [0, 0.1) is 13.8 Å². The zero-order valence-corrected chi connectivity index (χ0v) is 27.1. The molecule has 1 N–H and O–H groups in total. The van der Waals surface area contributed by atoms with Crippen LogP contribution in [0.15, 0.2) is 73.1 Å². The minimum absolute atomic E-state index is 0.0974. The third-order valence-electron chi connectivity index (χ3n) is 7.13. The Bertz CT molecular complexity index is 1530. The maximum Gasteiger partial charge on any atom is 0.227 e. The van der Waals surface area contributed by atoms with Crippen LogP contribution in [0.25, 0.3) is 11.1 Å². The molecule has 3 aromatic carbocycles. The highest BCUT2D eigenvalue weighted by atomic mass is 16.5. The highest BCUT2D eigenvalue weighted by Crippen LogP contribution is 2.40. The first-order valence-electron chi connectivity index (χ1n) is 15.4. The molecular weight excluding hydrogens is 552 g/mol. The number of aryl methyl sites for hydroxylation is 1. The second-order valence-corrected chi connectivity index (χ2v) is 10.4. The average Bonchev–Trinajstić information content (AvgIpc) is 3.36. The second-order valence-electron chi connectivity index (χ2n) is 10.4. The molecule has 234 valence electrons. The number of fused-ring (bicyclic) bond motifs is 1. The maximum atomic E-state index is 12.7. The van der Waals surface area contributed by atoms with E-state index in [1.165, 1.54) is 18.1 Å². The van der Waals surface area contributed by atoms with Crippen molar-refractivity contribution in [1.29, 1.82) is 0 Å². The lowest BCUT2D eigenvalue weighted by Crippen LogP contribution is -2.31. The van der Waals surface area contributed by atoms with Crippen LogP contribution in [0.1, 0.15) is 63.6 Å². The molecule has 0 bridgehead atoms. The number of methoxy groups -OCH3 is 1. The molecule has 0 unspecified atom stereocenters. The molecule has 0 atom stereocenters. The van der Waals surface area contributed by atoms with Gasteiger partial charge in [0.2, 0.25) is 11.8 Å². The lowest BCUT2D eigenvalue weighted by Gasteiger charge is -2.22. The summed E-state index contributed by atoms with van der Waals surface area (Å²) in [7, 11) is 1.70. The van der Waals surface area contributed by atoms with Crippen LogP contribution in [0.4, 0.5) is 11.4 Å². The highest BCUT2D eigenvalue weighted by Gasteiger charge is 2.24. The van der Waals surface area contributed by atoms with Crippen molar-refractivity contribution >= 4 is 23.2 Å². The average molecular weight is 599 g/mol. The van der Waals surface area contributed by atoms with Crippen LogP contribution in [0.5, 0.6) is 11.5 Å². The van der Waals surface area contributed by atoms with Crippen molar-refractivity contribution in [3.05, 3.63) is 89.7 Å². The van der Waals surface area contributed by atoms with Gasteiger partial charge in [0, 0.05) is 42.9 Å². The fraction of sp³-hybridized carbons (Fsp3) is 0.361. The number of nitrogens with one attached hydrogen (secondary N) is 1. The SMILES string of the molecule is CC.CCCC(=O)N1CCCOc2c(-c3cnn(Cc4cccc(NC(C)=O)c4)c3)cccc21.COc1cccc(C)c1C. The molecule has 1 aliphatic rings. The third kappa shape index (κ3) is 8.96. The molecule has 0 saturated heterocycles. The van der Waals surface area contributed by atoms with Gasteiger partial charge in [-0.2, -0.15) is 5.10 Å². The summed E-state index contributed by atoms with van der Waals surface area (Å²) in [5, 5.41) is 7.33. The fourth-order valence-electron chi connectivity index (χ4n) is 4.91. The maximum absolute atomic E-state index is 12.7. The standard InChI is InChI=1S/C25H28N4O3.C9H12O.C2H6/c1-3-7-24(31)29-12-6-13-32-25-22(10-5-11-23(25)29)20-15-26-28(17-20)16-19-8-4-9-21(14-19)27-18(2)30;1-7-5-4-6-9(10-3)8(7)2;1-2/h4-5,8-11,14-15,17H,3,6-7,12-13,16H2,1-2H3,(H,27,30);4-6H,1-3H3;1-2H3. The lowest BCUT2D eigenvalue weighted by molar-refractivity contribution is -0.118. The summed E-state index contributed by atoms with van der Waals surface area (Å²) < 4.78 is 13.1. The van der Waals surface area contributed by atoms with Crippen molar-refractivity contribution in [3.8, 4) is 22.6 Å². The van der Waals surface area contributed by atoms with Crippen molar-refractivity contribution in [1.82, 2.24) is 9.78 Å². The third-order valence-corrected chi connectivity index (χ3v) is 7.13. The molecule has 8 nitrogen and oxygen atoms in total. The minimum atomic E-state index is -0.0974. The first kappa shape index (κ1) is 33.9. The normalized spacial score (nSPS) is 11.8. The van der Waals surface area contributed by atoms with E-state index in [4.69, 9.17) is 9.47 Å². The number of rotatable bonds is 7. The number of hydrogen-bond donors (Lipinski definition) is 1. The van der Waals surface area contributed by atoms with Gasteiger partial charge in [0.1, 0.15) is 5.75 Å². The summed E-state index contributed by atoms with van der Waals surface area (Å²) >= 11 is 0. The van der Waals surface area contributed by atoms with Gasteiger partial charge in [-0.3, -0.25) is 14.3 Å². The Kier molecular flexibility index (Phi) is 13.0. The Morgan fingerprint density at radius 2 is 1.80 bits per heavy atom. The second kappa shape index (κ2) is 16.9. The van der Waals surface area contributed by atoms with E-state index in [2.05, 4.69) is 30.3 Å². The summed E-state index contributed by atoms with van der Waals surface area (Å²) in [5.74, 6) is 1.74. The van der Waals surface area contributed by atoms with Crippen molar-refractivity contribution in [3.63, 3.8) is 0 Å². The van der Waals surface area contributed by atoms with Crippen LogP contribution in [-0.4, -0.2) is 41.9 Å². The number of carbonyl (C=O) groups excluding carboxylic acids is 2. The summed E-state index contributed by atoms with van der Waals surface area (Å²) in [6, 6.07) is 19.7. The van der Waals surface area contributed by atoms with Crippen molar-refractivity contribution in [2.75, 3.05) is 30.5 Å². The molecule has 0 saturated carbocycles. The summed E-state index contributed by atoms with van der Waals surface area (Å²) in [6.45, 7) is 13.5. The van der Waals surface area contributed by atoms with E-state index < -0.39 is 0 Å². The van der Waals surface area contributed by atoms with Gasteiger partial charge in [-0.25, -0.2) is 0 Å². The zero-order valence-electron chi connectivity index (χ0n) is 27.1. The molecule has 8 heteroatoms. The van der Waals surface area contributed by atoms with Crippen LogP contribution >= 0.6 is 0 Å². The van der Waals surface area contributed by atoms with Crippen molar-refractivity contribution in [2.45, 2.75) is 67.3 Å².